The fourth-order valence-electron chi connectivity index (χ4n) is 1.33. The van der Waals surface area contributed by atoms with Crippen LogP contribution in [0.2, 0.25) is 0 Å². The molecule has 1 aromatic rings. The van der Waals surface area contributed by atoms with Gasteiger partial charge in [0.2, 0.25) is 0 Å². The second-order valence-corrected chi connectivity index (χ2v) is 5.67. The maximum absolute atomic E-state index is 12.0. The summed E-state index contributed by atoms with van der Waals surface area (Å²) in [5, 5.41) is 0.157. The molecular weight excluding hydrogens is 214 g/mol. The number of aromatic nitrogens is 2. The zero-order chi connectivity index (χ0) is 11.5. The Bertz CT molecular complexity index is 383. The highest BCUT2D eigenvalue weighted by molar-refractivity contribution is 7.89. The van der Waals surface area contributed by atoms with Crippen molar-refractivity contribution >= 4 is 10.0 Å². The molecule has 5 nitrogen and oxygen atoms in total. The summed E-state index contributed by atoms with van der Waals surface area (Å²) < 4.78 is 25.5. The number of hydrogen-bond donors (Lipinski definition) is 1. The van der Waals surface area contributed by atoms with Crippen molar-refractivity contribution < 1.29 is 8.42 Å². The summed E-state index contributed by atoms with van der Waals surface area (Å²) in [4.78, 5) is 6.35. The molecular formula is C9H17N3O2S. The first-order valence-electron chi connectivity index (χ1n) is 4.97. The molecule has 0 saturated heterocycles. The van der Waals surface area contributed by atoms with Crippen LogP contribution in [0, 0.1) is 5.92 Å². The summed E-state index contributed by atoms with van der Waals surface area (Å²) in [6.45, 7) is 6.81. The highest BCUT2D eigenvalue weighted by Gasteiger charge is 2.24. The van der Waals surface area contributed by atoms with Crippen molar-refractivity contribution in [1.82, 2.24) is 14.3 Å². The average molecular weight is 231 g/mol. The molecule has 0 unspecified atom stereocenters. The maximum Gasteiger partial charge on any atom is 0.260 e. The molecule has 0 radical (unpaired) electrons. The lowest BCUT2D eigenvalue weighted by atomic mass is 10.2. The van der Waals surface area contributed by atoms with E-state index in [9.17, 15) is 8.42 Å². The number of aromatic amines is 1. The molecule has 6 heteroatoms. The molecule has 1 heterocycles. The quantitative estimate of drug-likeness (QED) is 0.824. The van der Waals surface area contributed by atoms with Crippen molar-refractivity contribution in [3.63, 3.8) is 0 Å². The van der Waals surface area contributed by atoms with Gasteiger partial charge in [-0.25, -0.2) is 13.4 Å². The summed E-state index contributed by atoms with van der Waals surface area (Å²) in [5.41, 5.74) is 0. The number of H-pyrrole nitrogens is 1. The molecule has 1 N–H and O–H groups in total. The van der Waals surface area contributed by atoms with E-state index in [1.54, 1.807) is 0 Å². The summed E-state index contributed by atoms with van der Waals surface area (Å²) in [5.74, 6) is 0.308. The van der Waals surface area contributed by atoms with E-state index in [1.165, 1.54) is 16.8 Å². The molecule has 0 bridgehead atoms. The molecule has 0 aliphatic rings. The Kier molecular flexibility index (Phi) is 3.87. The largest absolute Gasteiger partial charge is 0.335 e. The average Bonchev–Trinajstić information content (AvgIpc) is 2.66. The van der Waals surface area contributed by atoms with Gasteiger partial charge in [-0.3, -0.25) is 0 Å². The third-order valence-electron chi connectivity index (χ3n) is 2.01. The van der Waals surface area contributed by atoms with E-state index < -0.39 is 10.0 Å². The number of nitrogens with one attached hydrogen (secondary N) is 1. The molecule has 0 saturated carbocycles. The Balaban J connectivity index is 2.93. The number of nitrogens with zero attached hydrogens (tertiary/aromatic N) is 2. The smallest absolute Gasteiger partial charge is 0.260 e. The third-order valence-corrected chi connectivity index (χ3v) is 3.88. The van der Waals surface area contributed by atoms with E-state index >= 15 is 0 Å². The second-order valence-electron chi connectivity index (χ2n) is 3.77. The van der Waals surface area contributed by atoms with Crippen molar-refractivity contribution in [2.24, 2.45) is 5.92 Å². The minimum Gasteiger partial charge on any atom is -0.335 e. The number of imidazole rings is 1. The van der Waals surface area contributed by atoms with Gasteiger partial charge in [0.1, 0.15) is 0 Å². The van der Waals surface area contributed by atoms with Gasteiger partial charge in [-0.1, -0.05) is 20.8 Å². The molecule has 0 atom stereocenters. The zero-order valence-electron chi connectivity index (χ0n) is 9.27. The van der Waals surface area contributed by atoms with E-state index in [0.29, 0.717) is 19.0 Å². The van der Waals surface area contributed by atoms with E-state index in [-0.39, 0.29) is 5.03 Å². The fourth-order valence-corrected chi connectivity index (χ4v) is 2.84. The number of sulfonamides is 1. The van der Waals surface area contributed by atoms with Gasteiger partial charge in [0.05, 0.1) is 12.5 Å². The van der Waals surface area contributed by atoms with Gasteiger partial charge in [0.15, 0.2) is 5.03 Å². The number of hydrogen-bond acceptors (Lipinski definition) is 3. The van der Waals surface area contributed by atoms with Crippen molar-refractivity contribution in [3.05, 3.63) is 12.5 Å². The van der Waals surface area contributed by atoms with Crippen LogP contribution in [0.5, 0.6) is 0 Å². The summed E-state index contributed by atoms with van der Waals surface area (Å²) in [7, 11) is -3.39. The van der Waals surface area contributed by atoms with Crippen molar-refractivity contribution in [2.45, 2.75) is 25.8 Å². The molecule has 86 valence electrons. The van der Waals surface area contributed by atoms with Crippen LogP contribution in [0.15, 0.2) is 17.6 Å². The van der Waals surface area contributed by atoms with Crippen LogP contribution in [0.4, 0.5) is 0 Å². The molecule has 0 aliphatic carbocycles. The predicted molar refractivity (Wildman–Crippen MR) is 57.9 cm³/mol. The monoisotopic (exact) mass is 231 g/mol. The first kappa shape index (κ1) is 12.2. The zero-order valence-corrected chi connectivity index (χ0v) is 10.1. The van der Waals surface area contributed by atoms with Gasteiger partial charge in [0, 0.05) is 13.1 Å². The molecule has 0 amide bonds. The fraction of sp³-hybridized carbons (Fsp3) is 0.667. The summed E-state index contributed by atoms with van der Waals surface area (Å²) in [6, 6.07) is 0. The standard InChI is InChI=1S/C9H17N3O2S/c1-4-12(6-8(2)3)15(13,14)9-5-10-7-11-9/h5,7-8H,4,6H2,1-3H3,(H,10,11). The minimum atomic E-state index is -3.39. The topological polar surface area (TPSA) is 66.1 Å². The lowest BCUT2D eigenvalue weighted by molar-refractivity contribution is 0.379. The van der Waals surface area contributed by atoms with Crippen molar-refractivity contribution in [1.29, 1.82) is 0 Å². The Hall–Kier alpha value is -0.880. The second kappa shape index (κ2) is 4.76. The van der Waals surface area contributed by atoms with Crippen LogP contribution in [0.25, 0.3) is 0 Å². The van der Waals surface area contributed by atoms with Crippen LogP contribution in [-0.4, -0.2) is 35.8 Å². The molecule has 0 fully saturated rings. The van der Waals surface area contributed by atoms with Crippen LogP contribution >= 0.6 is 0 Å². The maximum atomic E-state index is 12.0. The van der Waals surface area contributed by atoms with Crippen LogP contribution < -0.4 is 0 Å². The molecule has 1 aromatic heterocycles. The van der Waals surface area contributed by atoms with Gasteiger partial charge >= 0.3 is 0 Å². The minimum absolute atomic E-state index is 0.157. The SMILES string of the molecule is CCN(CC(C)C)S(=O)(=O)c1cnc[nH]1. The van der Waals surface area contributed by atoms with E-state index in [0.717, 1.165) is 0 Å². The third kappa shape index (κ3) is 2.79. The van der Waals surface area contributed by atoms with Gasteiger partial charge in [-0.05, 0) is 5.92 Å². The first-order valence-corrected chi connectivity index (χ1v) is 6.41. The van der Waals surface area contributed by atoms with Crippen molar-refractivity contribution in [3.8, 4) is 0 Å². The molecule has 0 aliphatic heterocycles. The van der Waals surface area contributed by atoms with Gasteiger partial charge in [0.25, 0.3) is 10.0 Å². The Morgan fingerprint density at radius 3 is 2.60 bits per heavy atom. The summed E-state index contributed by atoms with van der Waals surface area (Å²) in [6.07, 6.45) is 2.70. The van der Waals surface area contributed by atoms with E-state index in [1.807, 2.05) is 20.8 Å². The Morgan fingerprint density at radius 1 is 1.53 bits per heavy atom. The van der Waals surface area contributed by atoms with Crippen molar-refractivity contribution in [2.75, 3.05) is 13.1 Å². The van der Waals surface area contributed by atoms with Gasteiger partial charge < -0.3 is 4.98 Å². The highest BCUT2D eigenvalue weighted by atomic mass is 32.2. The van der Waals surface area contributed by atoms with Gasteiger partial charge in [-0.2, -0.15) is 4.31 Å². The molecule has 1 rings (SSSR count). The first-order chi connectivity index (χ1) is 6.98. The normalized spacial score (nSPS) is 12.6. The highest BCUT2D eigenvalue weighted by Crippen LogP contribution is 2.13. The Labute approximate surface area is 90.6 Å². The number of rotatable bonds is 5. The molecule has 0 aromatic carbocycles. The van der Waals surface area contributed by atoms with Crippen LogP contribution in [0.1, 0.15) is 20.8 Å². The predicted octanol–water partition coefficient (Wildman–Crippen LogP) is 1.08. The van der Waals surface area contributed by atoms with E-state index in [4.69, 9.17) is 0 Å². The molecule has 0 spiro atoms. The lowest BCUT2D eigenvalue weighted by Crippen LogP contribution is -2.34. The van der Waals surface area contributed by atoms with Crippen LogP contribution in [-0.2, 0) is 10.0 Å². The van der Waals surface area contributed by atoms with Crippen LogP contribution in [0.3, 0.4) is 0 Å². The van der Waals surface area contributed by atoms with E-state index in [2.05, 4.69) is 9.97 Å². The summed E-state index contributed by atoms with van der Waals surface area (Å²) >= 11 is 0. The Morgan fingerprint density at radius 2 is 2.20 bits per heavy atom. The van der Waals surface area contributed by atoms with Gasteiger partial charge in [-0.15, -0.1) is 0 Å². The lowest BCUT2D eigenvalue weighted by Gasteiger charge is -2.21. The molecule has 15 heavy (non-hydrogen) atoms.